The molecule has 0 saturated carbocycles. The van der Waals surface area contributed by atoms with Gasteiger partial charge < -0.3 is 9.08 Å². The Labute approximate surface area is 95.1 Å². The summed E-state index contributed by atoms with van der Waals surface area (Å²) in [6.45, 7) is 4.22. The molecule has 0 bridgehead atoms. The Bertz CT molecular complexity index is 376. The number of benzene rings is 1. The molecule has 1 heterocycles. The standard InChI is InChI=1S/C12H15NOS/c1-3-13-8-4-5-10-6-7-11(15-14-2)9-12(10)13/h4-7,9H,3,8H2,1-2H3. The lowest BCUT2D eigenvalue weighted by Gasteiger charge is -2.27. The van der Waals surface area contributed by atoms with Crippen molar-refractivity contribution in [2.45, 2.75) is 11.8 Å². The Balaban J connectivity index is 2.35. The van der Waals surface area contributed by atoms with Gasteiger partial charge >= 0.3 is 0 Å². The number of fused-ring (bicyclic) bond motifs is 1. The number of hydrogen-bond donors (Lipinski definition) is 0. The van der Waals surface area contributed by atoms with Gasteiger partial charge in [-0.25, -0.2) is 0 Å². The van der Waals surface area contributed by atoms with Crippen LogP contribution in [-0.4, -0.2) is 20.2 Å². The van der Waals surface area contributed by atoms with Gasteiger partial charge in [0.1, 0.15) is 0 Å². The summed E-state index contributed by atoms with van der Waals surface area (Å²) in [5.74, 6) is 0. The molecule has 0 fully saturated rings. The Morgan fingerprint density at radius 3 is 3.07 bits per heavy atom. The maximum atomic E-state index is 5.07. The van der Waals surface area contributed by atoms with Crippen molar-refractivity contribution >= 4 is 23.8 Å². The minimum atomic E-state index is 1.00. The molecule has 80 valence electrons. The summed E-state index contributed by atoms with van der Waals surface area (Å²) in [7, 11) is 1.70. The summed E-state index contributed by atoms with van der Waals surface area (Å²) in [6, 6.07) is 6.43. The molecule has 3 heteroatoms. The highest BCUT2D eigenvalue weighted by Crippen LogP contribution is 2.30. The molecule has 1 aromatic carbocycles. The number of rotatable bonds is 3. The Morgan fingerprint density at radius 2 is 2.33 bits per heavy atom. The van der Waals surface area contributed by atoms with E-state index in [4.69, 9.17) is 4.18 Å². The molecular weight excluding hydrogens is 206 g/mol. The molecule has 0 radical (unpaired) electrons. The second-order valence-corrected chi connectivity index (χ2v) is 4.38. The van der Waals surface area contributed by atoms with Crippen LogP contribution in [0.3, 0.4) is 0 Å². The van der Waals surface area contributed by atoms with Gasteiger partial charge in [-0.15, -0.1) is 0 Å². The van der Waals surface area contributed by atoms with Crippen molar-refractivity contribution in [1.82, 2.24) is 0 Å². The summed E-state index contributed by atoms with van der Waals surface area (Å²) >= 11 is 1.41. The molecule has 0 amide bonds. The molecule has 15 heavy (non-hydrogen) atoms. The van der Waals surface area contributed by atoms with Gasteiger partial charge in [-0.1, -0.05) is 18.2 Å². The van der Waals surface area contributed by atoms with Crippen molar-refractivity contribution in [3.63, 3.8) is 0 Å². The normalized spacial score (nSPS) is 14.1. The quantitative estimate of drug-likeness (QED) is 0.727. The topological polar surface area (TPSA) is 12.5 Å². The fourth-order valence-corrected chi connectivity index (χ4v) is 2.27. The average Bonchev–Trinajstić information content (AvgIpc) is 2.28. The summed E-state index contributed by atoms with van der Waals surface area (Å²) in [5.41, 5.74) is 2.60. The van der Waals surface area contributed by atoms with E-state index in [1.807, 2.05) is 0 Å². The highest BCUT2D eigenvalue weighted by Gasteiger charge is 2.11. The third-order valence-corrected chi connectivity index (χ3v) is 3.14. The van der Waals surface area contributed by atoms with E-state index in [1.165, 1.54) is 23.3 Å². The van der Waals surface area contributed by atoms with Gasteiger partial charge in [-0.2, -0.15) is 0 Å². The van der Waals surface area contributed by atoms with E-state index >= 15 is 0 Å². The Hall–Kier alpha value is -0.930. The zero-order chi connectivity index (χ0) is 10.7. The first kappa shape index (κ1) is 10.6. The van der Waals surface area contributed by atoms with E-state index in [1.54, 1.807) is 7.11 Å². The highest BCUT2D eigenvalue weighted by molar-refractivity contribution is 7.94. The van der Waals surface area contributed by atoms with Crippen LogP contribution in [0.25, 0.3) is 6.08 Å². The van der Waals surface area contributed by atoms with Crippen LogP contribution in [0.4, 0.5) is 5.69 Å². The van der Waals surface area contributed by atoms with E-state index in [9.17, 15) is 0 Å². The van der Waals surface area contributed by atoms with Crippen molar-refractivity contribution in [1.29, 1.82) is 0 Å². The molecule has 2 nitrogen and oxygen atoms in total. The molecule has 0 aromatic heterocycles. The Morgan fingerprint density at radius 1 is 1.47 bits per heavy atom. The molecule has 1 aromatic rings. The van der Waals surface area contributed by atoms with Gasteiger partial charge in [0.2, 0.25) is 0 Å². The van der Waals surface area contributed by atoms with E-state index in [0.717, 1.165) is 18.0 Å². The molecule has 1 aliphatic rings. The van der Waals surface area contributed by atoms with Crippen molar-refractivity contribution in [2.75, 3.05) is 25.1 Å². The smallest absolute Gasteiger partial charge is 0.0508 e. The predicted octanol–water partition coefficient (Wildman–Crippen LogP) is 3.19. The van der Waals surface area contributed by atoms with Gasteiger partial charge in [0.15, 0.2) is 0 Å². The van der Waals surface area contributed by atoms with Gasteiger partial charge in [0.25, 0.3) is 0 Å². The number of likely N-dealkylation sites (N-methyl/N-ethyl adjacent to an activating group) is 1. The van der Waals surface area contributed by atoms with Crippen LogP contribution in [0.1, 0.15) is 12.5 Å². The first-order chi connectivity index (χ1) is 7.35. The third-order valence-electron chi connectivity index (χ3n) is 2.53. The number of anilines is 1. The maximum Gasteiger partial charge on any atom is 0.0508 e. The zero-order valence-corrected chi connectivity index (χ0v) is 9.88. The minimum Gasteiger partial charge on any atom is -0.368 e. The van der Waals surface area contributed by atoms with E-state index in [0.29, 0.717) is 0 Å². The average molecular weight is 221 g/mol. The van der Waals surface area contributed by atoms with Crippen molar-refractivity contribution in [3.05, 3.63) is 29.8 Å². The second-order valence-electron chi connectivity index (χ2n) is 3.41. The molecule has 0 spiro atoms. The number of nitrogens with zero attached hydrogens (tertiary/aromatic N) is 1. The third kappa shape index (κ3) is 2.19. The SMILES string of the molecule is CCN1CC=Cc2ccc(SOC)cc21. The maximum absolute atomic E-state index is 5.07. The van der Waals surface area contributed by atoms with Gasteiger partial charge in [0, 0.05) is 35.7 Å². The molecule has 0 atom stereocenters. The van der Waals surface area contributed by atoms with Crippen molar-refractivity contribution in [2.24, 2.45) is 0 Å². The monoisotopic (exact) mass is 221 g/mol. The van der Waals surface area contributed by atoms with Gasteiger partial charge in [-0.05, 0) is 24.6 Å². The lowest BCUT2D eigenvalue weighted by molar-refractivity contribution is 0.490. The fourth-order valence-electron chi connectivity index (χ4n) is 1.79. The van der Waals surface area contributed by atoms with Crippen LogP contribution in [0.15, 0.2) is 29.2 Å². The van der Waals surface area contributed by atoms with Crippen LogP contribution < -0.4 is 4.90 Å². The molecule has 2 rings (SSSR count). The van der Waals surface area contributed by atoms with Gasteiger partial charge in [0.05, 0.1) is 7.11 Å². The molecular formula is C12H15NOS. The summed E-state index contributed by atoms with van der Waals surface area (Å²) < 4.78 is 5.07. The first-order valence-electron chi connectivity index (χ1n) is 5.11. The Kier molecular flexibility index (Phi) is 3.34. The molecule has 0 N–H and O–H groups in total. The lowest BCUT2D eigenvalue weighted by Crippen LogP contribution is -2.25. The summed E-state index contributed by atoms with van der Waals surface area (Å²) in [6.07, 6.45) is 4.39. The number of hydrogen-bond acceptors (Lipinski definition) is 3. The predicted molar refractivity (Wildman–Crippen MR) is 66.2 cm³/mol. The van der Waals surface area contributed by atoms with Crippen LogP contribution in [-0.2, 0) is 4.18 Å². The highest BCUT2D eigenvalue weighted by atomic mass is 32.2. The van der Waals surface area contributed by atoms with E-state index in [-0.39, 0.29) is 0 Å². The molecule has 0 unspecified atom stereocenters. The van der Waals surface area contributed by atoms with E-state index < -0.39 is 0 Å². The minimum absolute atomic E-state index is 1.00. The molecule has 0 aliphatic carbocycles. The molecule has 0 saturated heterocycles. The largest absolute Gasteiger partial charge is 0.368 e. The second kappa shape index (κ2) is 4.73. The van der Waals surface area contributed by atoms with Crippen LogP contribution in [0.5, 0.6) is 0 Å². The fraction of sp³-hybridized carbons (Fsp3) is 0.333. The van der Waals surface area contributed by atoms with Crippen molar-refractivity contribution < 1.29 is 4.18 Å². The van der Waals surface area contributed by atoms with Crippen LogP contribution in [0.2, 0.25) is 0 Å². The molecule has 1 aliphatic heterocycles. The van der Waals surface area contributed by atoms with Crippen LogP contribution in [0, 0.1) is 0 Å². The zero-order valence-electron chi connectivity index (χ0n) is 9.06. The van der Waals surface area contributed by atoms with Crippen molar-refractivity contribution in [3.8, 4) is 0 Å². The first-order valence-corrected chi connectivity index (χ1v) is 5.85. The van der Waals surface area contributed by atoms with E-state index in [2.05, 4.69) is 42.2 Å². The van der Waals surface area contributed by atoms with Gasteiger partial charge in [-0.3, -0.25) is 0 Å². The van der Waals surface area contributed by atoms with Crippen LogP contribution >= 0.6 is 12.0 Å². The summed E-state index contributed by atoms with van der Waals surface area (Å²) in [4.78, 5) is 3.51. The summed E-state index contributed by atoms with van der Waals surface area (Å²) in [5, 5.41) is 0. The lowest BCUT2D eigenvalue weighted by atomic mass is 10.1.